The van der Waals surface area contributed by atoms with Gasteiger partial charge in [-0.2, -0.15) is 0 Å². The lowest BCUT2D eigenvalue weighted by Gasteiger charge is -2.30. The molecule has 3 unspecified atom stereocenters. The molecule has 0 aromatic rings. The summed E-state index contributed by atoms with van der Waals surface area (Å²) in [5.41, 5.74) is -1.01. The fourth-order valence-electron chi connectivity index (χ4n) is 0.824. The lowest BCUT2D eigenvalue weighted by atomic mass is 9.90. The Morgan fingerprint density at radius 1 is 1.64 bits per heavy atom. The molecule has 0 bridgehead atoms. The second-order valence-electron chi connectivity index (χ2n) is 3.36. The third-order valence-electron chi connectivity index (χ3n) is 2.27. The SMILES string of the molecule is CC(=O)SCC(C)C(C)(NP)C(=O)O. The maximum absolute atomic E-state index is 11.0. The third-order valence-corrected chi connectivity index (χ3v) is 3.94. The van der Waals surface area contributed by atoms with Gasteiger partial charge in [0.25, 0.3) is 0 Å². The first-order valence-electron chi connectivity index (χ1n) is 4.19. The fraction of sp³-hybridized carbons (Fsp3) is 0.750. The first-order valence-corrected chi connectivity index (χ1v) is 5.75. The molecule has 82 valence electrons. The molecule has 0 aromatic heterocycles. The third kappa shape index (κ3) is 3.56. The topological polar surface area (TPSA) is 66.4 Å². The zero-order valence-corrected chi connectivity index (χ0v) is 10.5. The highest BCUT2D eigenvalue weighted by Crippen LogP contribution is 2.23. The lowest BCUT2D eigenvalue weighted by Crippen LogP contribution is -2.51. The van der Waals surface area contributed by atoms with Crippen molar-refractivity contribution in [3.63, 3.8) is 0 Å². The monoisotopic (exact) mass is 237 g/mol. The number of thioether (sulfide) groups is 1. The summed E-state index contributed by atoms with van der Waals surface area (Å²) in [5.74, 6) is -0.546. The molecule has 0 fully saturated rings. The number of aliphatic carboxylic acids is 1. The van der Waals surface area contributed by atoms with Crippen LogP contribution in [0.25, 0.3) is 0 Å². The normalized spacial score (nSPS) is 17.1. The molecule has 0 aliphatic carbocycles. The van der Waals surface area contributed by atoms with Gasteiger partial charge >= 0.3 is 5.97 Å². The van der Waals surface area contributed by atoms with Crippen molar-refractivity contribution >= 4 is 32.2 Å². The molecule has 0 radical (unpaired) electrons. The summed E-state index contributed by atoms with van der Waals surface area (Å²) in [6.45, 7) is 4.89. The summed E-state index contributed by atoms with van der Waals surface area (Å²) in [6.07, 6.45) is 0. The summed E-state index contributed by atoms with van der Waals surface area (Å²) in [6, 6.07) is 0. The summed E-state index contributed by atoms with van der Waals surface area (Å²) < 4.78 is 0. The molecular weight excluding hydrogens is 221 g/mol. The highest BCUT2D eigenvalue weighted by Gasteiger charge is 2.37. The molecule has 4 nitrogen and oxygen atoms in total. The van der Waals surface area contributed by atoms with Crippen LogP contribution in [0.15, 0.2) is 0 Å². The van der Waals surface area contributed by atoms with Crippen LogP contribution in [0, 0.1) is 5.92 Å². The predicted octanol–water partition coefficient (Wildman–Crippen LogP) is 1.13. The summed E-state index contributed by atoms with van der Waals surface area (Å²) in [5, 5.41) is 11.7. The molecule has 0 saturated carbocycles. The minimum atomic E-state index is -1.01. The quantitative estimate of drug-likeness (QED) is 0.701. The van der Waals surface area contributed by atoms with E-state index in [-0.39, 0.29) is 11.0 Å². The maximum Gasteiger partial charge on any atom is 0.324 e. The number of carbonyl (C=O) groups is 2. The zero-order valence-electron chi connectivity index (χ0n) is 8.53. The molecule has 0 aliphatic heterocycles. The minimum absolute atomic E-state index is 0.00773. The van der Waals surface area contributed by atoms with Gasteiger partial charge in [-0.1, -0.05) is 28.1 Å². The van der Waals surface area contributed by atoms with Gasteiger partial charge in [0.15, 0.2) is 5.12 Å². The van der Waals surface area contributed by atoms with Crippen LogP contribution in [-0.4, -0.2) is 27.5 Å². The van der Waals surface area contributed by atoms with Crippen molar-refractivity contribution in [3.05, 3.63) is 0 Å². The molecule has 0 amide bonds. The maximum atomic E-state index is 11.0. The van der Waals surface area contributed by atoms with Crippen LogP contribution in [0.3, 0.4) is 0 Å². The van der Waals surface area contributed by atoms with Crippen LogP contribution in [-0.2, 0) is 9.59 Å². The number of carboxylic acid groups (broad SMARTS) is 1. The molecule has 0 saturated heterocycles. The van der Waals surface area contributed by atoms with Crippen molar-refractivity contribution in [2.75, 3.05) is 5.75 Å². The van der Waals surface area contributed by atoms with Crippen LogP contribution in [0.4, 0.5) is 0 Å². The smallest absolute Gasteiger partial charge is 0.324 e. The molecule has 0 rings (SSSR count). The van der Waals surface area contributed by atoms with Gasteiger partial charge in [0.1, 0.15) is 5.54 Å². The van der Waals surface area contributed by atoms with Crippen LogP contribution in [0.2, 0.25) is 0 Å². The molecule has 2 N–H and O–H groups in total. The number of carboxylic acids is 1. The number of carbonyl (C=O) groups excluding carboxylic acids is 1. The zero-order chi connectivity index (χ0) is 11.4. The molecule has 6 heteroatoms. The first kappa shape index (κ1) is 13.9. The second-order valence-corrected chi connectivity index (χ2v) is 4.84. The van der Waals surface area contributed by atoms with E-state index in [4.69, 9.17) is 5.11 Å². The molecule has 0 heterocycles. The van der Waals surface area contributed by atoms with Gasteiger partial charge < -0.3 is 5.11 Å². The Morgan fingerprint density at radius 2 is 2.14 bits per heavy atom. The van der Waals surface area contributed by atoms with E-state index in [0.717, 1.165) is 11.8 Å². The molecule has 0 spiro atoms. The van der Waals surface area contributed by atoms with E-state index in [1.165, 1.54) is 6.92 Å². The van der Waals surface area contributed by atoms with Crippen molar-refractivity contribution in [1.29, 1.82) is 0 Å². The van der Waals surface area contributed by atoms with E-state index in [1.807, 2.05) is 0 Å². The molecule has 3 atom stereocenters. The van der Waals surface area contributed by atoms with Crippen molar-refractivity contribution in [2.24, 2.45) is 5.92 Å². The number of hydrogen-bond donors (Lipinski definition) is 2. The van der Waals surface area contributed by atoms with Crippen molar-refractivity contribution < 1.29 is 14.7 Å². The van der Waals surface area contributed by atoms with Gasteiger partial charge in [0.2, 0.25) is 0 Å². The van der Waals surface area contributed by atoms with Crippen LogP contribution in [0.1, 0.15) is 20.8 Å². The highest BCUT2D eigenvalue weighted by atomic mass is 32.2. The van der Waals surface area contributed by atoms with E-state index in [1.54, 1.807) is 13.8 Å². The van der Waals surface area contributed by atoms with Crippen LogP contribution < -0.4 is 5.09 Å². The fourth-order valence-corrected chi connectivity index (χ4v) is 2.05. The predicted molar refractivity (Wildman–Crippen MR) is 61.2 cm³/mol. The van der Waals surface area contributed by atoms with Crippen molar-refractivity contribution in [1.82, 2.24) is 5.09 Å². The van der Waals surface area contributed by atoms with Gasteiger partial charge in [-0.15, -0.1) is 0 Å². The molecular formula is C8H16NO3PS. The van der Waals surface area contributed by atoms with E-state index in [2.05, 4.69) is 14.5 Å². The Balaban J connectivity index is 4.38. The van der Waals surface area contributed by atoms with Crippen LogP contribution in [0.5, 0.6) is 0 Å². The Bertz CT molecular complexity index is 237. The van der Waals surface area contributed by atoms with Crippen molar-refractivity contribution in [2.45, 2.75) is 26.3 Å². The second kappa shape index (κ2) is 5.69. The lowest BCUT2D eigenvalue weighted by molar-refractivity contribution is -0.144. The van der Waals surface area contributed by atoms with Crippen molar-refractivity contribution in [3.8, 4) is 0 Å². The Labute approximate surface area is 90.5 Å². The average Bonchev–Trinajstić information content (AvgIpc) is 2.12. The van der Waals surface area contributed by atoms with E-state index in [0.29, 0.717) is 5.75 Å². The molecule has 14 heavy (non-hydrogen) atoms. The number of rotatable bonds is 5. The highest BCUT2D eigenvalue weighted by molar-refractivity contribution is 8.13. The van der Waals surface area contributed by atoms with E-state index >= 15 is 0 Å². The summed E-state index contributed by atoms with van der Waals surface area (Å²) in [4.78, 5) is 21.7. The summed E-state index contributed by atoms with van der Waals surface area (Å²) >= 11 is 1.15. The van der Waals surface area contributed by atoms with Gasteiger partial charge in [-0.05, 0) is 12.8 Å². The summed E-state index contributed by atoms with van der Waals surface area (Å²) in [7, 11) is 2.21. The largest absolute Gasteiger partial charge is 0.480 e. The molecule has 0 aliphatic rings. The van der Waals surface area contributed by atoms with E-state index in [9.17, 15) is 9.59 Å². The van der Waals surface area contributed by atoms with Gasteiger partial charge in [-0.25, -0.2) is 0 Å². The van der Waals surface area contributed by atoms with Gasteiger partial charge in [-0.3, -0.25) is 14.7 Å². The van der Waals surface area contributed by atoms with Gasteiger partial charge in [0, 0.05) is 12.7 Å². The Hall–Kier alpha value is -0.120. The number of nitrogens with one attached hydrogen (secondary N) is 1. The van der Waals surface area contributed by atoms with Crippen LogP contribution >= 0.6 is 21.2 Å². The Morgan fingerprint density at radius 3 is 2.43 bits per heavy atom. The minimum Gasteiger partial charge on any atom is -0.480 e. The van der Waals surface area contributed by atoms with E-state index < -0.39 is 11.5 Å². The average molecular weight is 237 g/mol. The first-order chi connectivity index (χ1) is 6.34. The van der Waals surface area contributed by atoms with Gasteiger partial charge in [0.05, 0.1) is 0 Å². The number of hydrogen-bond acceptors (Lipinski definition) is 4. The molecule has 0 aromatic carbocycles. The Kier molecular flexibility index (Phi) is 5.64. The standard InChI is InChI=1S/C8H16NO3PS/c1-5(4-14-6(2)10)8(3,9-13)7(11)12/h5,9H,4,13H2,1-3H3,(H,11,12).